The van der Waals surface area contributed by atoms with Gasteiger partial charge >= 0.3 is 12.0 Å². The highest BCUT2D eigenvalue weighted by Crippen LogP contribution is 2.28. The molecule has 0 bridgehead atoms. The molecule has 2 aliphatic rings. The van der Waals surface area contributed by atoms with Crippen LogP contribution in [0, 0.1) is 11.8 Å². The zero-order chi connectivity index (χ0) is 13.1. The summed E-state index contributed by atoms with van der Waals surface area (Å²) in [6, 6.07) is -0.270. The summed E-state index contributed by atoms with van der Waals surface area (Å²) in [5.41, 5.74) is 0. The predicted molar refractivity (Wildman–Crippen MR) is 61.8 cm³/mol. The lowest BCUT2D eigenvalue weighted by atomic mass is 10.0. The zero-order valence-corrected chi connectivity index (χ0v) is 10.0. The smallest absolute Gasteiger partial charge is 0.317 e. The van der Waals surface area contributed by atoms with Gasteiger partial charge in [0.15, 0.2) is 0 Å². The van der Waals surface area contributed by atoms with E-state index < -0.39 is 11.9 Å². The number of amides is 3. The van der Waals surface area contributed by atoms with Crippen molar-refractivity contribution in [2.45, 2.75) is 12.8 Å². The van der Waals surface area contributed by atoms with E-state index in [1.165, 1.54) is 4.90 Å². The number of carboxylic acids is 1. The molecule has 7 nitrogen and oxygen atoms in total. The van der Waals surface area contributed by atoms with Crippen LogP contribution in [0.5, 0.6) is 0 Å². The van der Waals surface area contributed by atoms with Crippen molar-refractivity contribution >= 4 is 17.9 Å². The van der Waals surface area contributed by atoms with Crippen molar-refractivity contribution in [3.05, 3.63) is 0 Å². The molecule has 1 aliphatic carbocycles. The van der Waals surface area contributed by atoms with Gasteiger partial charge in [-0.05, 0) is 12.8 Å². The van der Waals surface area contributed by atoms with Crippen molar-refractivity contribution in [3.8, 4) is 0 Å². The molecule has 0 aromatic carbocycles. The van der Waals surface area contributed by atoms with Crippen molar-refractivity contribution in [1.29, 1.82) is 0 Å². The molecule has 0 aromatic heterocycles. The molecule has 2 rings (SSSR count). The van der Waals surface area contributed by atoms with Gasteiger partial charge in [0, 0.05) is 32.1 Å². The van der Waals surface area contributed by atoms with Gasteiger partial charge in [-0.25, -0.2) is 4.79 Å². The van der Waals surface area contributed by atoms with Crippen LogP contribution in [-0.2, 0) is 9.59 Å². The fourth-order valence-electron chi connectivity index (χ4n) is 1.76. The molecule has 100 valence electrons. The Morgan fingerprint density at radius 2 is 1.67 bits per heavy atom. The molecule has 0 atom stereocenters. The summed E-state index contributed by atoms with van der Waals surface area (Å²) in [6.07, 6.45) is 1.92. The molecule has 1 saturated carbocycles. The van der Waals surface area contributed by atoms with E-state index in [0.29, 0.717) is 13.1 Å². The number of carbonyl (C=O) groups excluding carboxylic acids is 2. The SMILES string of the molecule is O=C(O)C1CN(C(=O)NCCNC(=O)C2CC2)C1. The first-order valence-corrected chi connectivity index (χ1v) is 6.11. The normalized spacial score (nSPS) is 19.0. The van der Waals surface area contributed by atoms with Gasteiger partial charge in [-0.2, -0.15) is 0 Å². The number of hydrogen-bond acceptors (Lipinski definition) is 3. The van der Waals surface area contributed by atoms with E-state index in [4.69, 9.17) is 5.11 Å². The maximum atomic E-state index is 11.5. The first-order chi connectivity index (χ1) is 8.58. The maximum absolute atomic E-state index is 11.5. The van der Waals surface area contributed by atoms with Crippen LogP contribution in [0.3, 0.4) is 0 Å². The number of urea groups is 1. The molecule has 18 heavy (non-hydrogen) atoms. The van der Waals surface area contributed by atoms with Gasteiger partial charge < -0.3 is 20.6 Å². The summed E-state index contributed by atoms with van der Waals surface area (Å²) in [6.45, 7) is 1.30. The third-order valence-electron chi connectivity index (χ3n) is 3.17. The molecular formula is C11H17N3O4. The zero-order valence-electron chi connectivity index (χ0n) is 10.0. The number of nitrogens with one attached hydrogen (secondary N) is 2. The second kappa shape index (κ2) is 5.24. The highest BCUT2D eigenvalue weighted by Gasteiger charge is 2.35. The van der Waals surface area contributed by atoms with Crippen LogP contribution in [0.15, 0.2) is 0 Å². The number of nitrogens with zero attached hydrogens (tertiary/aromatic N) is 1. The summed E-state index contributed by atoms with van der Waals surface area (Å²) < 4.78 is 0. The highest BCUT2D eigenvalue weighted by atomic mass is 16.4. The van der Waals surface area contributed by atoms with E-state index in [0.717, 1.165) is 12.8 Å². The van der Waals surface area contributed by atoms with Crippen LogP contribution >= 0.6 is 0 Å². The van der Waals surface area contributed by atoms with Gasteiger partial charge in [0.2, 0.25) is 5.91 Å². The Hall–Kier alpha value is -1.79. The third kappa shape index (κ3) is 3.12. The number of likely N-dealkylation sites (tertiary alicyclic amines) is 1. The van der Waals surface area contributed by atoms with Crippen LogP contribution in [0.2, 0.25) is 0 Å². The minimum atomic E-state index is -0.865. The first-order valence-electron chi connectivity index (χ1n) is 6.11. The van der Waals surface area contributed by atoms with Crippen molar-refractivity contribution in [2.75, 3.05) is 26.2 Å². The second-order valence-electron chi connectivity index (χ2n) is 4.74. The Labute approximate surface area is 105 Å². The average Bonchev–Trinajstić information content (AvgIpc) is 3.04. The summed E-state index contributed by atoms with van der Waals surface area (Å²) >= 11 is 0. The standard InChI is InChI=1S/C11H17N3O4/c15-9(7-1-2-7)12-3-4-13-11(18)14-5-8(6-14)10(16)17/h7-8H,1-6H2,(H,12,15)(H,13,18)(H,16,17). The lowest BCUT2D eigenvalue weighted by molar-refractivity contribution is -0.146. The van der Waals surface area contributed by atoms with Gasteiger partial charge in [-0.1, -0.05) is 0 Å². The molecular weight excluding hydrogens is 238 g/mol. The lowest BCUT2D eigenvalue weighted by Gasteiger charge is -2.36. The molecule has 3 amide bonds. The molecule has 0 spiro atoms. The number of rotatable bonds is 5. The summed E-state index contributed by atoms with van der Waals surface area (Å²) in [5, 5.41) is 14.0. The van der Waals surface area contributed by atoms with Crippen LogP contribution < -0.4 is 10.6 Å². The predicted octanol–water partition coefficient (Wildman–Crippen LogP) is -0.761. The van der Waals surface area contributed by atoms with Crippen LogP contribution in [0.4, 0.5) is 4.79 Å². The molecule has 1 heterocycles. The van der Waals surface area contributed by atoms with Crippen molar-refractivity contribution in [2.24, 2.45) is 11.8 Å². The van der Waals surface area contributed by atoms with Crippen molar-refractivity contribution < 1.29 is 19.5 Å². The quantitative estimate of drug-likeness (QED) is 0.562. The topological polar surface area (TPSA) is 98.7 Å². The second-order valence-corrected chi connectivity index (χ2v) is 4.74. The number of carbonyl (C=O) groups is 3. The average molecular weight is 255 g/mol. The number of carboxylic acid groups (broad SMARTS) is 1. The van der Waals surface area contributed by atoms with E-state index in [2.05, 4.69) is 10.6 Å². The van der Waals surface area contributed by atoms with Gasteiger partial charge in [-0.3, -0.25) is 9.59 Å². The Morgan fingerprint density at radius 3 is 2.22 bits per heavy atom. The molecule has 2 fully saturated rings. The molecule has 1 aliphatic heterocycles. The van der Waals surface area contributed by atoms with E-state index >= 15 is 0 Å². The van der Waals surface area contributed by atoms with Crippen molar-refractivity contribution in [3.63, 3.8) is 0 Å². The fourth-order valence-corrected chi connectivity index (χ4v) is 1.76. The monoisotopic (exact) mass is 255 g/mol. The molecule has 0 aromatic rings. The molecule has 0 radical (unpaired) electrons. The number of aliphatic carboxylic acids is 1. The van der Waals surface area contributed by atoms with Gasteiger partial charge in [0.1, 0.15) is 0 Å². The molecule has 3 N–H and O–H groups in total. The van der Waals surface area contributed by atoms with Crippen LogP contribution in [0.25, 0.3) is 0 Å². The summed E-state index contributed by atoms with van der Waals surface area (Å²) in [7, 11) is 0. The Bertz CT molecular complexity index is 361. The Morgan fingerprint density at radius 1 is 1.06 bits per heavy atom. The minimum absolute atomic E-state index is 0.0548. The molecule has 7 heteroatoms. The molecule has 1 saturated heterocycles. The van der Waals surface area contributed by atoms with Gasteiger partial charge in [0.25, 0.3) is 0 Å². The largest absolute Gasteiger partial charge is 0.481 e. The van der Waals surface area contributed by atoms with E-state index in [1.807, 2.05) is 0 Å². The first kappa shape index (κ1) is 12.7. The minimum Gasteiger partial charge on any atom is -0.481 e. The summed E-state index contributed by atoms with van der Waals surface area (Å²) in [4.78, 5) is 34.8. The molecule has 0 unspecified atom stereocenters. The van der Waals surface area contributed by atoms with E-state index in [-0.39, 0.29) is 30.9 Å². The van der Waals surface area contributed by atoms with Crippen LogP contribution in [-0.4, -0.2) is 54.1 Å². The van der Waals surface area contributed by atoms with Gasteiger partial charge in [-0.15, -0.1) is 0 Å². The van der Waals surface area contributed by atoms with E-state index in [9.17, 15) is 14.4 Å². The maximum Gasteiger partial charge on any atom is 0.317 e. The van der Waals surface area contributed by atoms with Crippen molar-refractivity contribution in [1.82, 2.24) is 15.5 Å². The third-order valence-corrected chi connectivity index (χ3v) is 3.17. The van der Waals surface area contributed by atoms with Crippen LogP contribution in [0.1, 0.15) is 12.8 Å². The Kier molecular flexibility index (Phi) is 3.69. The fraction of sp³-hybridized carbons (Fsp3) is 0.727. The van der Waals surface area contributed by atoms with E-state index in [1.54, 1.807) is 0 Å². The highest BCUT2D eigenvalue weighted by molar-refractivity contribution is 5.81. The lowest BCUT2D eigenvalue weighted by Crippen LogP contribution is -2.56. The summed E-state index contributed by atoms with van der Waals surface area (Å²) in [5.74, 6) is -1.08. The Balaban J connectivity index is 1.53. The number of hydrogen-bond donors (Lipinski definition) is 3. The van der Waals surface area contributed by atoms with Gasteiger partial charge in [0.05, 0.1) is 5.92 Å².